The lowest BCUT2D eigenvalue weighted by atomic mass is 9.76. The van der Waals surface area contributed by atoms with Crippen LogP contribution in [0.4, 0.5) is 0 Å². The second kappa shape index (κ2) is 10.3. The number of benzene rings is 3. The van der Waals surface area contributed by atoms with Crippen LogP contribution in [-0.2, 0) is 4.74 Å². The van der Waals surface area contributed by atoms with E-state index in [0.717, 1.165) is 56.1 Å². The summed E-state index contributed by atoms with van der Waals surface area (Å²) in [5.41, 5.74) is 3.74. The molecule has 0 spiro atoms. The SMILES string of the molecule is CCCOc1ccc(C2c3ccc(OC4CCCCO4)cc3OCC2c2ccccc2)cc1. The largest absolute Gasteiger partial charge is 0.494 e. The van der Waals surface area contributed by atoms with Crippen molar-refractivity contribution in [2.75, 3.05) is 19.8 Å². The van der Waals surface area contributed by atoms with Gasteiger partial charge in [0, 0.05) is 29.9 Å². The van der Waals surface area contributed by atoms with Gasteiger partial charge in [-0.3, -0.25) is 0 Å². The normalized spacial score (nSPS) is 22.2. The van der Waals surface area contributed by atoms with Gasteiger partial charge >= 0.3 is 0 Å². The Bertz CT molecular complexity index is 1030. The van der Waals surface area contributed by atoms with Crippen LogP contribution in [0, 0.1) is 0 Å². The second-order valence-corrected chi connectivity index (χ2v) is 8.84. The van der Waals surface area contributed by atoms with Crippen LogP contribution in [0.3, 0.4) is 0 Å². The maximum Gasteiger partial charge on any atom is 0.199 e. The first-order valence-electron chi connectivity index (χ1n) is 12.1. The van der Waals surface area contributed by atoms with Crippen LogP contribution < -0.4 is 14.2 Å². The molecule has 4 nitrogen and oxygen atoms in total. The van der Waals surface area contributed by atoms with Gasteiger partial charge in [0.25, 0.3) is 0 Å². The fraction of sp³-hybridized carbons (Fsp3) is 0.379. The minimum Gasteiger partial charge on any atom is -0.494 e. The molecule has 0 amide bonds. The first-order chi connectivity index (χ1) is 16.3. The van der Waals surface area contributed by atoms with Crippen molar-refractivity contribution < 1.29 is 18.9 Å². The molecule has 5 rings (SSSR count). The summed E-state index contributed by atoms with van der Waals surface area (Å²) in [5, 5.41) is 0. The van der Waals surface area contributed by atoms with Crippen molar-refractivity contribution in [1.29, 1.82) is 0 Å². The Labute approximate surface area is 196 Å². The second-order valence-electron chi connectivity index (χ2n) is 8.84. The summed E-state index contributed by atoms with van der Waals surface area (Å²) in [6.45, 7) is 4.25. The van der Waals surface area contributed by atoms with Crippen LogP contribution in [0.2, 0.25) is 0 Å². The van der Waals surface area contributed by atoms with Crippen molar-refractivity contribution in [1.82, 2.24) is 0 Å². The van der Waals surface area contributed by atoms with Gasteiger partial charge in [-0.2, -0.15) is 0 Å². The summed E-state index contributed by atoms with van der Waals surface area (Å²) < 4.78 is 24.0. The monoisotopic (exact) mass is 444 g/mol. The average molecular weight is 445 g/mol. The van der Waals surface area contributed by atoms with E-state index in [1.165, 1.54) is 16.7 Å². The average Bonchev–Trinajstić information content (AvgIpc) is 2.88. The van der Waals surface area contributed by atoms with Crippen LogP contribution in [0.5, 0.6) is 17.2 Å². The van der Waals surface area contributed by atoms with Gasteiger partial charge in [-0.25, -0.2) is 0 Å². The Morgan fingerprint density at radius 3 is 2.45 bits per heavy atom. The lowest BCUT2D eigenvalue weighted by Gasteiger charge is -2.35. The predicted molar refractivity (Wildman–Crippen MR) is 129 cm³/mol. The Hall–Kier alpha value is -2.98. The lowest BCUT2D eigenvalue weighted by molar-refractivity contribution is -0.106. The van der Waals surface area contributed by atoms with E-state index >= 15 is 0 Å². The highest BCUT2D eigenvalue weighted by Crippen LogP contribution is 2.47. The van der Waals surface area contributed by atoms with Crippen LogP contribution in [0.15, 0.2) is 72.8 Å². The molecule has 3 atom stereocenters. The molecule has 1 fully saturated rings. The minimum absolute atomic E-state index is 0.163. The zero-order valence-corrected chi connectivity index (χ0v) is 19.2. The third kappa shape index (κ3) is 5.01. The van der Waals surface area contributed by atoms with Crippen molar-refractivity contribution in [3.8, 4) is 17.2 Å². The molecule has 0 saturated carbocycles. The van der Waals surface area contributed by atoms with Crippen molar-refractivity contribution in [2.45, 2.75) is 50.7 Å². The Morgan fingerprint density at radius 1 is 0.879 bits per heavy atom. The van der Waals surface area contributed by atoms with Gasteiger partial charge in [0.15, 0.2) is 6.29 Å². The van der Waals surface area contributed by atoms with E-state index in [2.05, 4.69) is 73.7 Å². The molecule has 0 aliphatic carbocycles. The zero-order chi connectivity index (χ0) is 22.5. The Kier molecular flexibility index (Phi) is 6.82. The summed E-state index contributed by atoms with van der Waals surface area (Å²) in [7, 11) is 0. The standard InChI is InChI=1S/C29H32O4/c1-2-17-30-23-13-11-22(12-14-23)29-25-16-15-24(33-28-10-6-7-18-31-28)19-27(25)32-20-26(29)21-8-4-3-5-9-21/h3-5,8-9,11-16,19,26,28-29H,2,6-7,10,17-18,20H2,1H3. The van der Waals surface area contributed by atoms with Gasteiger partial charge in [0.1, 0.15) is 17.2 Å². The van der Waals surface area contributed by atoms with Crippen molar-refractivity contribution >= 4 is 0 Å². The molecule has 3 aromatic carbocycles. The van der Waals surface area contributed by atoms with E-state index in [9.17, 15) is 0 Å². The van der Waals surface area contributed by atoms with Crippen LogP contribution >= 0.6 is 0 Å². The maximum absolute atomic E-state index is 6.30. The van der Waals surface area contributed by atoms with Crippen molar-refractivity contribution in [2.24, 2.45) is 0 Å². The van der Waals surface area contributed by atoms with Crippen molar-refractivity contribution in [3.63, 3.8) is 0 Å². The topological polar surface area (TPSA) is 36.9 Å². The highest BCUT2D eigenvalue weighted by molar-refractivity contribution is 5.51. The molecule has 4 heteroatoms. The quantitative estimate of drug-likeness (QED) is 0.407. The van der Waals surface area contributed by atoms with Crippen LogP contribution in [-0.4, -0.2) is 26.1 Å². The van der Waals surface area contributed by atoms with Gasteiger partial charge < -0.3 is 18.9 Å². The van der Waals surface area contributed by atoms with Crippen molar-refractivity contribution in [3.05, 3.63) is 89.5 Å². The van der Waals surface area contributed by atoms with Gasteiger partial charge in [-0.15, -0.1) is 0 Å². The molecule has 172 valence electrons. The summed E-state index contributed by atoms with van der Waals surface area (Å²) >= 11 is 0. The zero-order valence-electron chi connectivity index (χ0n) is 19.2. The molecule has 2 aliphatic heterocycles. The highest BCUT2D eigenvalue weighted by Gasteiger charge is 2.34. The number of fused-ring (bicyclic) bond motifs is 1. The molecule has 0 aromatic heterocycles. The number of rotatable bonds is 7. The lowest BCUT2D eigenvalue weighted by Crippen LogP contribution is -2.26. The van der Waals surface area contributed by atoms with E-state index in [0.29, 0.717) is 6.61 Å². The molecule has 3 aromatic rings. The molecule has 1 saturated heterocycles. The first kappa shape index (κ1) is 21.8. The van der Waals surface area contributed by atoms with E-state index < -0.39 is 0 Å². The van der Waals surface area contributed by atoms with Gasteiger partial charge in [-0.05, 0) is 48.6 Å². The number of hydrogen-bond donors (Lipinski definition) is 0. The summed E-state index contributed by atoms with van der Waals surface area (Å²) in [6, 6.07) is 25.5. The fourth-order valence-electron chi connectivity index (χ4n) is 4.81. The first-order valence-corrected chi connectivity index (χ1v) is 12.1. The highest BCUT2D eigenvalue weighted by atomic mass is 16.7. The molecule has 2 aliphatic rings. The molecule has 3 unspecified atom stereocenters. The molecule has 0 bridgehead atoms. The molecule has 2 heterocycles. The van der Waals surface area contributed by atoms with Gasteiger partial charge in [0.05, 0.1) is 19.8 Å². The number of hydrogen-bond acceptors (Lipinski definition) is 4. The van der Waals surface area contributed by atoms with E-state index in [-0.39, 0.29) is 18.1 Å². The molecule has 33 heavy (non-hydrogen) atoms. The Balaban J connectivity index is 1.46. The van der Waals surface area contributed by atoms with E-state index in [4.69, 9.17) is 18.9 Å². The van der Waals surface area contributed by atoms with Crippen LogP contribution in [0.25, 0.3) is 0 Å². The van der Waals surface area contributed by atoms with E-state index in [1.807, 2.05) is 6.07 Å². The third-order valence-corrected chi connectivity index (χ3v) is 6.49. The molecular weight excluding hydrogens is 412 g/mol. The number of ether oxygens (including phenoxy) is 4. The summed E-state index contributed by atoms with van der Waals surface area (Å²) in [5.74, 6) is 3.04. The maximum atomic E-state index is 6.30. The smallest absolute Gasteiger partial charge is 0.199 e. The third-order valence-electron chi connectivity index (χ3n) is 6.49. The summed E-state index contributed by atoms with van der Waals surface area (Å²) in [6.07, 6.45) is 4.02. The van der Waals surface area contributed by atoms with Crippen LogP contribution in [0.1, 0.15) is 61.1 Å². The van der Waals surface area contributed by atoms with Gasteiger partial charge in [-0.1, -0.05) is 55.5 Å². The fourth-order valence-corrected chi connectivity index (χ4v) is 4.81. The minimum atomic E-state index is -0.163. The van der Waals surface area contributed by atoms with E-state index in [1.54, 1.807) is 0 Å². The molecule has 0 N–H and O–H groups in total. The predicted octanol–water partition coefficient (Wildman–Crippen LogP) is 6.69. The summed E-state index contributed by atoms with van der Waals surface area (Å²) in [4.78, 5) is 0. The molecular formula is C29H32O4. The van der Waals surface area contributed by atoms with Gasteiger partial charge in [0.2, 0.25) is 0 Å². The molecule has 0 radical (unpaired) electrons. The Morgan fingerprint density at radius 2 is 1.70 bits per heavy atom.